The van der Waals surface area contributed by atoms with Gasteiger partial charge in [0, 0.05) is 19.0 Å². The van der Waals surface area contributed by atoms with Gasteiger partial charge in [-0.15, -0.1) is 11.3 Å². The number of halogens is 2. The molecular formula is C17H18F2N2O2S. The predicted octanol–water partition coefficient (Wildman–Crippen LogP) is 3.16. The number of carbonyl (C=O) groups is 1. The zero-order valence-corrected chi connectivity index (χ0v) is 13.7. The molecule has 2 heterocycles. The number of rotatable bonds is 5. The average Bonchev–Trinajstić information content (AvgIpc) is 3.21. The van der Waals surface area contributed by atoms with Crippen molar-refractivity contribution in [2.45, 2.75) is 12.5 Å². The first-order valence-corrected chi connectivity index (χ1v) is 8.54. The molecule has 1 fully saturated rings. The summed E-state index contributed by atoms with van der Waals surface area (Å²) in [5.74, 6) is -0.0413. The summed E-state index contributed by atoms with van der Waals surface area (Å²) in [5, 5.41) is 1.58. The van der Waals surface area contributed by atoms with Crippen LogP contribution in [-0.4, -0.2) is 37.1 Å². The second kappa shape index (κ2) is 7.27. The van der Waals surface area contributed by atoms with Crippen molar-refractivity contribution in [1.82, 2.24) is 4.90 Å². The number of likely N-dealkylation sites (tertiary alicyclic amines) is 1. The molecule has 1 aromatic heterocycles. The molecule has 1 saturated heterocycles. The lowest BCUT2D eigenvalue weighted by Gasteiger charge is -2.17. The Kier molecular flexibility index (Phi) is 5.11. The Morgan fingerprint density at radius 1 is 1.29 bits per heavy atom. The summed E-state index contributed by atoms with van der Waals surface area (Å²) in [6.07, 6.45) is 0. The maximum absolute atomic E-state index is 12.7. The van der Waals surface area contributed by atoms with E-state index in [1.165, 1.54) is 6.07 Å². The second-order valence-corrected chi connectivity index (χ2v) is 6.63. The van der Waals surface area contributed by atoms with Gasteiger partial charge in [0.2, 0.25) is 0 Å². The molecule has 128 valence electrons. The Balaban J connectivity index is 1.78. The van der Waals surface area contributed by atoms with Crippen molar-refractivity contribution in [3.05, 3.63) is 52.2 Å². The zero-order chi connectivity index (χ0) is 17.1. The maximum Gasteiger partial charge on any atom is 0.387 e. The number of alkyl halides is 2. The number of carbonyl (C=O) groups excluding carboxylic acids is 1. The van der Waals surface area contributed by atoms with Crippen LogP contribution in [0.1, 0.15) is 21.2 Å². The highest BCUT2D eigenvalue weighted by Crippen LogP contribution is 2.35. The summed E-state index contributed by atoms with van der Waals surface area (Å²) >= 11 is 1.11. The molecule has 1 aliphatic rings. The van der Waals surface area contributed by atoms with E-state index in [-0.39, 0.29) is 28.4 Å². The third-order valence-corrected chi connectivity index (χ3v) is 5.18. The number of amides is 1. The first-order valence-electron chi connectivity index (χ1n) is 7.66. The third-order valence-electron chi connectivity index (χ3n) is 4.30. The van der Waals surface area contributed by atoms with Gasteiger partial charge in [-0.2, -0.15) is 8.78 Å². The fraction of sp³-hybridized carbons (Fsp3) is 0.353. The second-order valence-electron chi connectivity index (χ2n) is 5.72. The van der Waals surface area contributed by atoms with Crippen molar-refractivity contribution in [1.29, 1.82) is 0 Å². The van der Waals surface area contributed by atoms with Gasteiger partial charge < -0.3 is 15.4 Å². The molecule has 0 bridgehead atoms. The van der Waals surface area contributed by atoms with E-state index in [0.29, 0.717) is 19.6 Å². The van der Waals surface area contributed by atoms with E-state index in [9.17, 15) is 13.6 Å². The molecule has 0 saturated carbocycles. The quantitative estimate of drug-likeness (QED) is 0.899. The van der Waals surface area contributed by atoms with E-state index in [1.807, 2.05) is 30.3 Å². The molecule has 2 aromatic rings. The lowest BCUT2D eigenvalue weighted by Crippen LogP contribution is -2.29. The summed E-state index contributed by atoms with van der Waals surface area (Å²) in [6, 6.07) is 11.3. The molecule has 3 rings (SSSR count). The molecule has 7 heteroatoms. The molecule has 0 spiro atoms. The highest BCUT2D eigenvalue weighted by molar-refractivity contribution is 7.12. The van der Waals surface area contributed by atoms with Crippen molar-refractivity contribution in [2.24, 2.45) is 11.7 Å². The summed E-state index contributed by atoms with van der Waals surface area (Å²) < 4.78 is 29.4. The molecule has 1 aromatic carbocycles. The molecule has 1 amide bonds. The van der Waals surface area contributed by atoms with E-state index < -0.39 is 6.61 Å². The Morgan fingerprint density at radius 2 is 2.04 bits per heavy atom. The Labute approximate surface area is 142 Å². The molecule has 2 atom stereocenters. The van der Waals surface area contributed by atoms with Crippen LogP contribution in [0.4, 0.5) is 8.78 Å². The highest BCUT2D eigenvalue weighted by atomic mass is 32.1. The zero-order valence-electron chi connectivity index (χ0n) is 12.9. The van der Waals surface area contributed by atoms with Crippen molar-refractivity contribution in [3.8, 4) is 5.75 Å². The maximum atomic E-state index is 12.7. The van der Waals surface area contributed by atoms with E-state index >= 15 is 0 Å². The highest BCUT2D eigenvalue weighted by Gasteiger charge is 2.36. The molecule has 0 radical (unpaired) electrons. The Bertz CT molecular complexity index is 693. The minimum atomic E-state index is -2.95. The molecule has 24 heavy (non-hydrogen) atoms. The van der Waals surface area contributed by atoms with E-state index in [1.54, 1.807) is 10.3 Å². The first-order chi connectivity index (χ1) is 11.6. The fourth-order valence-corrected chi connectivity index (χ4v) is 3.93. The SMILES string of the molecule is NC[C@@H]1CN(C(=O)c2sccc2OC(F)F)C[C@H]1c1ccccc1. The molecule has 4 nitrogen and oxygen atoms in total. The summed E-state index contributed by atoms with van der Waals surface area (Å²) in [4.78, 5) is 14.6. The van der Waals surface area contributed by atoms with Gasteiger partial charge in [-0.05, 0) is 29.5 Å². The number of hydrogen-bond acceptors (Lipinski definition) is 4. The van der Waals surface area contributed by atoms with Gasteiger partial charge in [0.25, 0.3) is 5.91 Å². The molecule has 2 N–H and O–H groups in total. The van der Waals surface area contributed by atoms with Crippen LogP contribution in [0.25, 0.3) is 0 Å². The minimum absolute atomic E-state index is 0.0625. The van der Waals surface area contributed by atoms with Crippen molar-refractivity contribution >= 4 is 17.2 Å². The lowest BCUT2D eigenvalue weighted by atomic mass is 9.89. The van der Waals surface area contributed by atoms with Crippen LogP contribution in [-0.2, 0) is 0 Å². The Hall–Kier alpha value is -1.99. The summed E-state index contributed by atoms with van der Waals surface area (Å²) in [7, 11) is 0. The van der Waals surface area contributed by atoms with Crippen LogP contribution >= 0.6 is 11.3 Å². The van der Waals surface area contributed by atoms with Crippen molar-refractivity contribution in [2.75, 3.05) is 19.6 Å². The summed E-state index contributed by atoms with van der Waals surface area (Å²) in [6.45, 7) is -1.44. The van der Waals surface area contributed by atoms with Gasteiger partial charge >= 0.3 is 6.61 Å². The molecule has 0 unspecified atom stereocenters. The van der Waals surface area contributed by atoms with Crippen LogP contribution < -0.4 is 10.5 Å². The number of nitrogens with zero attached hydrogens (tertiary/aromatic N) is 1. The molecular weight excluding hydrogens is 334 g/mol. The molecule has 0 aliphatic carbocycles. The lowest BCUT2D eigenvalue weighted by molar-refractivity contribution is -0.0499. The van der Waals surface area contributed by atoms with Gasteiger partial charge in [-0.1, -0.05) is 30.3 Å². The van der Waals surface area contributed by atoms with Crippen LogP contribution in [0.15, 0.2) is 41.8 Å². The van der Waals surface area contributed by atoms with Crippen LogP contribution in [0.5, 0.6) is 5.75 Å². The number of benzene rings is 1. The van der Waals surface area contributed by atoms with Gasteiger partial charge in [0.1, 0.15) is 10.6 Å². The largest absolute Gasteiger partial charge is 0.433 e. The number of thiophene rings is 1. The number of ether oxygens (including phenoxy) is 1. The normalized spacial score (nSPS) is 20.6. The van der Waals surface area contributed by atoms with E-state index in [2.05, 4.69) is 4.74 Å². The van der Waals surface area contributed by atoms with Gasteiger partial charge in [-0.3, -0.25) is 4.79 Å². The third kappa shape index (κ3) is 3.42. The standard InChI is InChI=1S/C17H18F2N2O2S/c18-17(19)23-14-6-7-24-15(14)16(22)21-9-12(8-20)13(10-21)11-4-2-1-3-5-11/h1-7,12-13,17H,8-10,20H2/t12-,13+/m1/s1. The van der Waals surface area contributed by atoms with Crippen LogP contribution in [0.2, 0.25) is 0 Å². The fourth-order valence-electron chi connectivity index (χ4n) is 3.14. The van der Waals surface area contributed by atoms with Gasteiger partial charge in [0.15, 0.2) is 0 Å². The monoisotopic (exact) mass is 352 g/mol. The first kappa shape index (κ1) is 16.9. The topological polar surface area (TPSA) is 55.6 Å². The van der Waals surface area contributed by atoms with Crippen LogP contribution in [0, 0.1) is 5.92 Å². The van der Waals surface area contributed by atoms with Crippen LogP contribution in [0.3, 0.4) is 0 Å². The molecule has 1 aliphatic heterocycles. The smallest absolute Gasteiger partial charge is 0.387 e. The van der Waals surface area contributed by atoms with E-state index in [4.69, 9.17) is 5.73 Å². The van der Waals surface area contributed by atoms with Gasteiger partial charge in [0.05, 0.1) is 0 Å². The predicted molar refractivity (Wildman–Crippen MR) is 88.6 cm³/mol. The average molecular weight is 352 g/mol. The van der Waals surface area contributed by atoms with Crippen molar-refractivity contribution < 1.29 is 18.3 Å². The number of nitrogens with two attached hydrogens (primary N) is 1. The van der Waals surface area contributed by atoms with E-state index in [0.717, 1.165) is 16.9 Å². The Morgan fingerprint density at radius 3 is 2.71 bits per heavy atom. The summed E-state index contributed by atoms with van der Waals surface area (Å²) in [5.41, 5.74) is 7.02. The van der Waals surface area contributed by atoms with Crippen molar-refractivity contribution in [3.63, 3.8) is 0 Å². The number of hydrogen-bond donors (Lipinski definition) is 1. The van der Waals surface area contributed by atoms with Gasteiger partial charge in [-0.25, -0.2) is 0 Å². The minimum Gasteiger partial charge on any atom is -0.433 e.